The van der Waals surface area contributed by atoms with Crippen molar-refractivity contribution in [2.75, 3.05) is 20.2 Å². The van der Waals surface area contributed by atoms with Gasteiger partial charge in [-0.25, -0.2) is 0 Å². The van der Waals surface area contributed by atoms with Crippen LogP contribution in [0.1, 0.15) is 23.7 Å². The maximum Gasteiger partial charge on any atom is 0.257 e. The predicted molar refractivity (Wildman–Crippen MR) is 72.3 cm³/mol. The third kappa shape index (κ3) is 2.61. The number of piperidine rings is 1. The number of amides is 1. The van der Waals surface area contributed by atoms with Crippen molar-refractivity contribution in [2.24, 2.45) is 5.92 Å². The van der Waals surface area contributed by atoms with Crippen LogP contribution < -0.4 is 4.74 Å². The fraction of sp³-hybridized carbons (Fsp3) is 0.500. The van der Waals surface area contributed by atoms with Crippen LogP contribution >= 0.6 is 11.6 Å². The van der Waals surface area contributed by atoms with E-state index in [1.54, 1.807) is 13.2 Å². The van der Waals surface area contributed by atoms with Crippen molar-refractivity contribution in [3.05, 3.63) is 29.8 Å². The van der Waals surface area contributed by atoms with Gasteiger partial charge in [0.05, 0.1) is 12.7 Å². The van der Waals surface area contributed by atoms with E-state index in [0.717, 1.165) is 13.0 Å². The summed E-state index contributed by atoms with van der Waals surface area (Å²) in [5.41, 5.74) is 0.625. The number of alkyl halides is 1. The molecule has 1 heterocycles. The van der Waals surface area contributed by atoms with Gasteiger partial charge in [0.15, 0.2) is 0 Å². The Kier molecular flexibility index (Phi) is 4.12. The smallest absolute Gasteiger partial charge is 0.257 e. The molecule has 98 valence electrons. The Labute approximate surface area is 113 Å². The number of halogens is 1. The first-order valence-electron chi connectivity index (χ1n) is 6.20. The van der Waals surface area contributed by atoms with Gasteiger partial charge >= 0.3 is 0 Å². The van der Waals surface area contributed by atoms with Crippen LogP contribution in [-0.2, 0) is 0 Å². The Bertz CT molecular complexity index is 436. The molecule has 0 aromatic heterocycles. The van der Waals surface area contributed by atoms with E-state index in [9.17, 15) is 4.79 Å². The molecule has 1 aromatic rings. The number of para-hydroxylation sites is 1. The number of carbonyl (C=O) groups excluding carboxylic acids is 1. The third-order valence-corrected chi connectivity index (χ3v) is 4.07. The van der Waals surface area contributed by atoms with E-state index in [2.05, 4.69) is 6.92 Å². The maximum atomic E-state index is 12.4. The van der Waals surface area contributed by atoms with Crippen LogP contribution in [0.4, 0.5) is 0 Å². The van der Waals surface area contributed by atoms with Crippen LogP contribution in [0.5, 0.6) is 5.75 Å². The first-order valence-corrected chi connectivity index (χ1v) is 6.63. The summed E-state index contributed by atoms with van der Waals surface area (Å²) in [6, 6.07) is 7.33. The molecule has 1 saturated heterocycles. The summed E-state index contributed by atoms with van der Waals surface area (Å²) >= 11 is 6.18. The van der Waals surface area contributed by atoms with Crippen LogP contribution in [0.25, 0.3) is 0 Å². The molecule has 4 heteroatoms. The lowest BCUT2D eigenvalue weighted by Gasteiger charge is -2.34. The Morgan fingerprint density at radius 1 is 1.44 bits per heavy atom. The molecule has 0 N–H and O–H groups in total. The second kappa shape index (κ2) is 5.61. The third-order valence-electron chi connectivity index (χ3n) is 3.43. The van der Waals surface area contributed by atoms with Crippen molar-refractivity contribution in [1.82, 2.24) is 4.90 Å². The summed E-state index contributed by atoms with van der Waals surface area (Å²) in [7, 11) is 1.58. The van der Waals surface area contributed by atoms with Gasteiger partial charge in [-0.05, 0) is 24.5 Å². The van der Waals surface area contributed by atoms with Gasteiger partial charge in [-0.3, -0.25) is 4.79 Å². The Balaban J connectivity index is 2.16. The second-order valence-electron chi connectivity index (χ2n) is 4.73. The lowest BCUT2D eigenvalue weighted by molar-refractivity contribution is 0.0683. The highest BCUT2D eigenvalue weighted by Crippen LogP contribution is 2.25. The Morgan fingerprint density at radius 2 is 2.17 bits per heavy atom. The van der Waals surface area contributed by atoms with E-state index in [1.165, 1.54) is 0 Å². The van der Waals surface area contributed by atoms with Gasteiger partial charge in [0.1, 0.15) is 5.75 Å². The zero-order chi connectivity index (χ0) is 13.1. The topological polar surface area (TPSA) is 29.5 Å². The molecular weight excluding hydrogens is 250 g/mol. The Morgan fingerprint density at radius 3 is 2.83 bits per heavy atom. The molecule has 2 atom stereocenters. The van der Waals surface area contributed by atoms with Gasteiger partial charge < -0.3 is 9.64 Å². The van der Waals surface area contributed by atoms with Crippen LogP contribution in [0, 0.1) is 5.92 Å². The quantitative estimate of drug-likeness (QED) is 0.771. The number of methoxy groups -OCH3 is 1. The molecule has 0 spiro atoms. The van der Waals surface area contributed by atoms with E-state index in [0.29, 0.717) is 23.8 Å². The van der Waals surface area contributed by atoms with Crippen molar-refractivity contribution in [3.8, 4) is 5.75 Å². The highest BCUT2D eigenvalue weighted by Gasteiger charge is 2.28. The molecule has 0 radical (unpaired) electrons. The first kappa shape index (κ1) is 13.2. The lowest BCUT2D eigenvalue weighted by atomic mass is 9.98. The molecule has 1 aliphatic heterocycles. The number of nitrogens with zero attached hydrogens (tertiary/aromatic N) is 1. The molecule has 1 aromatic carbocycles. The number of rotatable bonds is 2. The molecule has 2 unspecified atom stereocenters. The molecule has 0 saturated carbocycles. The minimum Gasteiger partial charge on any atom is -0.496 e. The molecule has 18 heavy (non-hydrogen) atoms. The summed E-state index contributed by atoms with van der Waals surface area (Å²) in [5, 5.41) is 0.173. The van der Waals surface area contributed by atoms with Crippen LogP contribution in [-0.4, -0.2) is 36.4 Å². The summed E-state index contributed by atoms with van der Waals surface area (Å²) in [6.07, 6.45) is 0.851. The van der Waals surface area contributed by atoms with Crippen molar-refractivity contribution >= 4 is 17.5 Å². The average Bonchev–Trinajstić information content (AvgIpc) is 2.41. The summed E-state index contributed by atoms with van der Waals surface area (Å²) < 4.78 is 5.23. The second-order valence-corrected chi connectivity index (χ2v) is 5.29. The summed E-state index contributed by atoms with van der Waals surface area (Å²) in [4.78, 5) is 14.3. The van der Waals surface area contributed by atoms with Crippen LogP contribution in [0.3, 0.4) is 0 Å². The van der Waals surface area contributed by atoms with Gasteiger partial charge in [-0.1, -0.05) is 19.1 Å². The standard InChI is InChI=1S/C14H18ClNO2/c1-10-9-16(8-7-12(10)15)14(17)11-5-3-4-6-13(11)18-2/h3-6,10,12H,7-9H2,1-2H3. The summed E-state index contributed by atoms with van der Waals surface area (Å²) in [6.45, 7) is 3.51. The Hall–Kier alpha value is -1.22. The first-order chi connectivity index (χ1) is 8.63. The molecule has 2 rings (SSSR count). The van der Waals surface area contributed by atoms with Gasteiger partial charge in [0.25, 0.3) is 5.91 Å². The normalized spacial score (nSPS) is 23.8. The molecule has 1 aliphatic rings. The fourth-order valence-corrected chi connectivity index (χ4v) is 2.47. The number of hydrogen-bond acceptors (Lipinski definition) is 2. The van der Waals surface area contributed by atoms with E-state index in [4.69, 9.17) is 16.3 Å². The minimum absolute atomic E-state index is 0.0304. The van der Waals surface area contributed by atoms with Crippen molar-refractivity contribution in [3.63, 3.8) is 0 Å². The minimum atomic E-state index is 0.0304. The van der Waals surface area contributed by atoms with Crippen LogP contribution in [0.15, 0.2) is 24.3 Å². The lowest BCUT2D eigenvalue weighted by Crippen LogP contribution is -2.43. The number of hydrogen-bond donors (Lipinski definition) is 0. The largest absolute Gasteiger partial charge is 0.496 e. The summed E-state index contributed by atoms with van der Waals surface area (Å²) in [5.74, 6) is 0.991. The van der Waals surface area contributed by atoms with E-state index < -0.39 is 0 Å². The number of carbonyl (C=O) groups is 1. The zero-order valence-corrected chi connectivity index (χ0v) is 11.5. The van der Waals surface area contributed by atoms with E-state index in [1.807, 2.05) is 23.1 Å². The van der Waals surface area contributed by atoms with Gasteiger partial charge in [0, 0.05) is 18.5 Å². The van der Waals surface area contributed by atoms with Crippen molar-refractivity contribution in [1.29, 1.82) is 0 Å². The number of ether oxygens (including phenoxy) is 1. The molecule has 3 nitrogen and oxygen atoms in total. The van der Waals surface area contributed by atoms with Crippen molar-refractivity contribution < 1.29 is 9.53 Å². The highest BCUT2D eigenvalue weighted by molar-refractivity contribution is 6.20. The molecular formula is C14H18ClNO2. The SMILES string of the molecule is COc1ccccc1C(=O)N1CCC(Cl)C(C)C1. The van der Waals surface area contributed by atoms with Crippen molar-refractivity contribution in [2.45, 2.75) is 18.7 Å². The van der Waals surface area contributed by atoms with E-state index >= 15 is 0 Å². The van der Waals surface area contributed by atoms with Gasteiger partial charge in [0.2, 0.25) is 0 Å². The zero-order valence-electron chi connectivity index (χ0n) is 10.7. The van der Waals surface area contributed by atoms with Gasteiger partial charge in [-0.15, -0.1) is 11.6 Å². The molecule has 0 aliphatic carbocycles. The average molecular weight is 268 g/mol. The number of benzene rings is 1. The van der Waals surface area contributed by atoms with Crippen LogP contribution in [0.2, 0.25) is 0 Å². The predicted octanol–water partition coefficient (Wildman–Crippen LogP) is 2.78. The van der Waals surface area contributed by atoms with Gasteiger partial charge in [-0.2, -0.15) is 0 Å². The molecule has 0 bridgehead atoms. The molecule has 1 amide bonds. The molecule has 1 fully saturated rings. The number of likely N-dealkylation sites (tertiary alicyclic amines) is 1. The maximum absolute atomic E-state index is 12.4. The highest BCUT2D eigenvalue weighted by atomic mass is 35.5. The monoisotopic (exact) mass is 267 g/mol. The van der Waals surface area contributed by atoms with E-state index in [-0.39, 0.29) is 11.3 Å². The fourth-order valence-electron chi connectivity index (χ4n) is 2.29.